The van der Waals surface area contributed by atoms with Crippen molar-refractivity contribution in [2.24, 2.45) is 0 Å². The smallest absolute Gasteiger partial charge is 0.267 e. The van der Waals surface area contributed by atoms with Crippen LogP contribution in [0.2, 0.25) is 0 Å². The first-order chi connectivity index (χ1) is 14.8. The molecule has 0 spiro atoms. The Morgan fingerprint density at radius 1 is 1.00 bits per heavy atom. The predicted octanol–water partition coefficient (Wildman–Crippen LogP) is 3.29. The van der Waals surface area contributed by atoms with Crippen molar-refractivity contribution in [2.45, 2.75) is 12.6 Å². The van der Waals surface area contributed by atoms with E-state index in [-0.39, 0.29) is 12.5 Å². The highest BCUT2D eigenvalue weighted by molar-refractivity contribution is 7.13. The van der Waals surface area contributed by atoms with Gasteiger partial charge in [0.05, 0.1) is 5.69 Å². The van der Waals surface area contributed by atoms with Crippen LogP contribution in [0.4, 0.5) is 0 Å². The maximum atomic E-state index is 12.9. The molecular formula is C23H23N3O3S. The number of hydrogen-bond acceptors (Lipinski definition) is 6. The molecule has 5 rings (SSSR count). The standard InChI is InChI=1S/C23H23N3O3S/c27-23(21-15-28-19-8-4-5-9-20(19)29-21)26-12-10-25(11-13-26)14-18-16-30-22(24-18)17-6-2-1-3-7-17/h1-9,16,21H,10-15H2. The molecule has 1 amide bonds. The molecule has 1 saturated heterocycles. The van der Waals surface area contributed by atoms with Crippen LogP contribution in [0.5, 0.6) is 11.5 Å². The van der Waals surface area contributed by atoms with Gasteiger partial charge >= 0.3 is 0 Å². The number of aromatic nitrogens is 1. The van der Waals surface area contributed by atoms with Crippen molar-refractivity contribution in [2.75, 3.05) is 32.8 Å². The summed E-state index contributed by atoms with van der Waals surface area (Å²) in [7, 11) is 0. The fourth-order valence-electron chi connectivity index (χ4n) is 3.79. The lowest BCUT2D eigenvalue weighted by atomic mass is 10.2. The largest absolute Gasteiger partial charge is 0.485 e. The highest BCUT2D eigenvalue weighted by atomic mass is 32.1. The molecule has 1 atom stereocenters. The maximum Gasteiger partial charge on any atom is 0.267 e. The van der Waals surface area contributed by atoms with E-state index in [9.17, 15) is 4.79 Å². The summed E-state index contributed by atoms with van der Waals surface area (Å²) in [6, 6.07) is 17.7. The molecule has 3 heterocycles. The zero-order chi connectivity index (χ0) is 20.3. The molecule has 2 aromatic carbocycles. The quantitative estimate of drug-likeness (QED) is 0.647. The summed E-state index contributed by atoms with van der Waals surface area (Å²) < 4.78 is 11.6. The molecule has 1 aromatic heterocycles. The van der Waals surface area contributed by atoms with E-state index >= 15 is 0 Å². The van der Waals surface area contributed by atoms with Crippen molar-refractivity contribution < 1.29 is 14.3 Å². The predicted molar refractivity (Wildman–Crippen MR) is 116 cm³/mol. The number of piperazine rings is 1. The van der Waals surface area contributed by atoms with Gasteiger partial charge in [0.2, 0.25) is 6.10 Å². The first kappa shape index (κ1) is 19.1. The van der Waals surface area contributed by atoms with Crippen molar-refractivity contribution in [3.05, 3.63) is 65.7 Å². The molecule has 2 aliphatic heterocycles. The van der Waals surface area contributed by atoms with E-state index in [4.69, 9.17) is 14.5 Å². The van der Waals surface area contributed by atoms with Gasteiger partial charge in [-0.15, -0.1) is 11.3 Å². The lowest BCUT2D eigenvalue weighted by molar-refractivity contribution is -0.143. The second-order valence-electron chi connectivity index (χ2n) is 7.48. The monoisotopic (exact) mass is 421 g/mol. The second kappa shape index (κ2) is 8.45. The number of para-hydroxylation sites is 2. The van der Waals surface area contributed by atoms with Gasteiger partial charge in [0.1, 0.15) is 11.6 Å². The third-order valence-electron chi connectivity index (χ3n) is 5.43. The third kappa shape index (κ3) is 4.04. The van der Waals surface area contributed by atoms with Crippen LogP contribution in [0.25, 0.3) is 10.6 Å². The molecule has 30 heavy (non-hydrogen) atoms. The number of carbonyl (C=O) groups is 1. The zero-order valence-electron chi connectivity index (χ0n) is 16.6. The molecule has 2 aliphatic rings. The molecule has 7 heteroatoms. The summed E-state index contributed by atoms with van der Waals surface area (Å²) in [6.45, 7) is 4.10. The number of benzene rings is 2. The summed E-state index contributed by atoms with van der Waals surface area (Å²) in [5, 5.41) is 3.18. The van der Waals surface area contributed by atoms with Gasteiger partial charge in [-0.25, -0.2) is 4.98 Å². The Hall–Kier alpha value is -2.90. The van der Waals surface area contributed by atoms with Gasteiger partial charge in [0.25, 0.3) is 5.91 Å². The van der Waals surface area contributed by atoms with Crippen LogP contribution in [0.1, 0.15) is 5.69 Å². The summed E-state index contributed by atoms with van der Waals surface area (Å²) in [4.78, 5) is 21.9. The van der Waals surface area contributed by atoms with E-state index in [0.29, 0.717) is 24.6 Å². The van der Waals surface area contributed by atoms with Crippen LogP contribution in [0.3, 0.4) is 0 Å². The van der Waals surface area contributed by atoms with E-state index in [0.717, 1.165) is 35.9 Å². The van der Waals surface area contributed by atoms with Crippen molar-refractivity contribution in [3.8, 4) is 22.1 Å². The van der Waals surface area contributed by atoms with E-state index in [2.05, 4.69) is 22.4 Å². The molecule has 0 aliphatic carbocycles. The number of rotatable bonds is 4. The Bertz CT molecular complexity index is 1020. The first-order valence-corrected chi connectivity index (χ1v) is 11.0. The van der Waals surface area contributed by atoms with Crippen LogP contribution in [-0.4, -0.2) is 59.6 Å². The summed E-state index contributed by atoms with van der Waals surface area (Å²) in [5.41, 5.74) is 2.24. The van der Waals surface area contributed by atoms with Crippen LogP contribution >= 0.6 is 11.3 Å². The average Bonchev–Trinajstić information content (AvgIpc) is 3.28. The lowest BCUT2D eigenvalue weighted by Gasteiger charge is -2.36. The molecule has 154 valence electrons. The molecule has 1 unspecified atom stereocenters. The number of thiazole rings is 1. The Kier molecular flexibility index (Phi) is 5.38. The van der Waals surface area contributed by atoms with Crippen LogP contribution in [0, 0.1) is 0 Å². The van der Waals surface area contributed by atoms with Crippen LogP contribution < -0.4 is 9.47 Å². The van der Waals surface area contributed by atoms with Crippen molar-refractivity contribution in [1.82, 2.24) is 14.8 Å². The van der Waals surface area contributed by atoms with Gasteiger partial charge in [-0.05, 0) is 12.1 Å². The molecule has 3 aromatic rings. The van der Waals surface area contributed by atoms with Crippen LogP contribution in [-0.2, 0) is 11.3 Å². The fraction of sp³-hybridized carbons (Fsp3) is 0.304. The number of amides is 1. The van der Waals surface area contributed by atoms with Crippen LogP contribution in [0.15, 0.2) is 60.0 Å². The first-order valence-electron chi connectivity index (χ1n) is 10.2. The third-order valence-corrected chi connectivity index (χ3v) is 6.37. The summed E-state index contributed by atoms with van der Waals surface area (Å²) >= 11 is 1.68. The maximum absolute atomic E-state index is 12.9. The van der Waals surface area contributed by atoms with E-state index in [1.54, 1.807) is 11.3 Å². The fourth-order valence-corrected chi connectivity index (χ4v) is 4.61. The van der Waals surface area contributed by atoms with Gasteiger partial charge < -0.3 is 14.4 Å². The molecule has 0 saturated carbocycles. The van der Waals surface area contributed by atoms with Crippen molar-refractivity contribution >= 4 is 17.2 Å². The average molecular weight is 422 g/mol. The normalized spacial score (nSPS) is 18.9. The SMILES string of the molecule is O=C(C1COc2ccccc2O1)N1CCN(Cc2csc(-c3ccccc3)n2)CC1. The number of nitrogens with zero attached hydrogens (tertiary/aromatic N) is 3. The number of fused-ring (bicyclic) bond motifs is 1. The minimum Gasteiger partial charge on any atom is -0.485 e. The van der Waals surface area contributed by atoms with Gasteiger partial charge in [-0.2, -0.15) is 0 Å². The highest BCUT2D eigenvalue weighted by Gasteiger charge is 2.32. The second-order valence-corrected chi connectivity index (χ2v) is 8.33. The zero-order valence-corrected chi connectivity index (χ0v) is 17.4. The lowest BCUT2D eigenvalue weighted by Crippen LogP contribution is -2.53. The van der Waals surface area contributed by atoms with Gasteiger partial charge in [-0.1, -0.05) is 42.5 Å². The van der Waals surface area contributed by atoms with Gasteiger partial charge in [0, 0.05) is 43.7 Å². The Morgan fingerprint density at radius 3 is 2.53 bits per heavy atom. The van der Waals surface area contributed by atoms with E-state index in [1.807, 2.05) is 47.4 Å². The molecule has 0 bridgehead atoms. The topological polar surface area (TPSA) is 54.9 Å². The molecule has 6 nitrogen and oxygen atoms in total. The Labute approximate surface area is 179 Å². The number of hydrogen-bond donors (Lipinski definition) is 0. The minimum absolute atomic E-state index is 0.00387. The highest BCUT2D eigenvalue weighted by Crippen LogP contribution is 2.31. The molecule has 0 radical (unpaired) electrons. The molecule has 0 N–H and O–H groups in total. The number of carbonyl (C=O) groups excluding carboxylic acids is 1. The minimum atomic E-state index is -0.571. The van der Waals surface area contributed by atoms with E-state index in [1.165, 1.54) is 0 Å². The van der Waals surface area contributed by atoms with Crippen molar-refractivity contribution in [1.29, 1.82) is 0 Å². The number of ether oxygens (including phenoxy) is 2. The van der Waals surface area contributed by atoms with E-state index < -0.39 is 6.10 Å². The van der Waals surface area contributed by atoms with Gasteiger partial charge in [0.15, 0.2) is 11.5 Å². The Balaban J connectivity index is 1.14. The summed E-state index contributed by atoms with van der Waals surface area (Å²) in [5.74, 6) is 1.34. The molecule has 1 fully saturated rings. The molecular weight excluding hydrogens is 398 g/mol. The summed E-state index contributed by atoms with van der Waals surface area (Å²) in [6.07, 6.45) is -0.571. The Morgan fingerprint density at radius 2 is 1.73 bits per heavy atom. The van der Waals surface area contributed by atoms with Crippen molar-refractivity contribution in [3.63, 3.8) is 0 Å². The van der Waals surface area contributed by atoms with Gasteiger partial charge in [-0.3, -0.25) is 9.69 Å².